The summed E-state index contributed by atoms with van der Waals surface area (Å²) in [6, 6.07) is -0.552. The van der Waals surface area contributed by atoms with E-state index in [0.29, 0.717) is 6.42 Å². The summed E-state index contributed by atoms with van der Waals surface area (Å²) in [7, 11) is -7.33. The van der Waals surface area contributed by atoms with Gasteiger partial charge in [-0.2, -0.15) is 0 Å². The molecule has 6 nitrogen and oxygen atoms in total. The van der Waals surface area contributed by atoms with Gasteiger partial charge in [-0.05, 0) is 12.8 Å². The predicted octanol–water partition coefficient (Wildman–Crippen LogP) is -0.822. The fourth-order valence-corrected chi connectivity index (χ4v) is 5.13. The number of hydrogen-bond acceptors (Lipinski definition) is 5. The quantitative estimate of drug-likeness (QED) is 0.694. The van der Waals surface area contributed by atoms with Gasteiger partial charge in [0.2, 0.25) is 10.0 Å². The van der Waals surface area contributed by atoms with Gasteiger partial charge in [0.05, 0.1) is 0 Å². The molecule has 1 aliphatic carbocycles. The SMILES string of the molecule is CS(=O)(=O)CS(=O)(=O)NC1CCCCC1N. The van der Waals surface area contributed by atoms with Gasteiger partial charge in [0.25, 0.3) is 0 Å². The summed E-state index contributed by atoms with van der Waals surface area (Å²) in [5, 5.41) is -0.872. The molecular weight excluding hydrogens is 252 g/mol. The van der Waals surface area contributed by atoms with E-state index in [1.807, 2.05) is 0 Å². The largest absolute Gasteiger partial charge is 0.326 e. The summed E-state index contributed by atoms with van der Waals surface area (Å²) in [5.74, 6) is 0. The van der Waals surface area contributed by atoms with Crippen LogP contribution in [0.2, 0.25) is 0 Å². The minimum atomic E-state index is -3.79. The summed E-state index contributed by atoms with van der Waals surface area (Å²) in [6.45, 7) is 0. The van der Waals surface area contributed by atoms with E-state index in [2.05, 4.69) is 4.72 Å². The topological polar surface area (TPSA) is 106 Å². The van der Waals surface area contributed by atoms with Crippen molar-refractivity contribution in [1.82, 2.24) is 4.72 Å². The zero-order valence-electron chi connectivity index (χ0n) is 9.22. The van der Waals surface area contributed by atoms with Crippen LogP contribution in [0, 0.1) is 0 Å². The van der Waals surface area contributed by atoms with Crippen LogP contribution in [-0.4, -0.2) is 40.3 Å². The Morgan fingerprint density at radius 3 is 2.25 bits per heavy atom. The zero-order chi connectivity index (χ0) is 12.4. The first kappa shape index (κ1) is 13.9. The third kappa shape index (κ3) is 4.77. The van der Waals surface area contributed by atoms with Gasteiger partial charge in [0.15, 0.2) is 14.9 Å². The molecule has 0 amide bonds. The lowest BCUT2D eigenvalue weighted by atomic mass is 9.92. The number of nitrogens with two attached hydrogens (primary N) is 1. The third-order valence-electron chi connectivity index (χ3n) is 2.52. The van der Waals surface area contributed by atoms with Crippen LogP contribution in [0.15, 0.2) is 0 Å². The van der Waals surface area contributed by atoms with Crippen molar-refractivity contribution in [3.8, 4) is 0 Å². The van der Waals surface area contributed by atoms with Gasteiger partial charge in [0, 0.05) is 18.3 Å². The molecule has 1 aliphatic rings. The van der Waals surface area contributed by atoms with Gasteiger partial charge in [-0.1, -0.05) is 12.8 Å². The van der Waals surface area contributed by atoms with Crippen molar-refractivity contribution in [1.29, 1.82) is 0 Å². The van der Waals surface area contributed by atoms with Crippen molar-refractivity contribution in [2.75, 3.05) is 11.3 Å². The van der Waals surface area contributed by atoms with E-state index < -0.39 is 24.9 Å². The van der Waals surface area contributed by atoms with Gasteiger partial charge >= 0.3 is 0 Å². The molecule has 16 heavy (non-hydrogen) atoms. The molecule has 3 N–H and O–H groups in total. The molecule has 0 spiro atoms. The molecular formula is C8H18N2O4S2. The molecule has 0 saturated heterocycles. The normalized spacial score (nSPS) is 27.9. The third-order valence-corrected chi connectivity index (χ3v) is 6.14. The Morgan fingerprint density at radius 2 is 1.75 bits per heavy atom. The molecule has 0 heterocycles. The first-order valence-electron chi connectivity index (χ1n) is 5.13. The lowest BCUT2D eigenvalue weighted by Gasteiger charge is -2.28. The summed E-state index contributed by atoms with van der Waals surface area (Å²) in [4.78, 5) is 0. The van der Waals surface area contributed by atoms with Gasteiger partial charge in [-0.15, -0.1) is 0 Å². The highest BCUT2D eigenvalue weighted by molar-refractivity contribution is 8.06. The monoisotopic (exact) mass is 270 g/mol. The molecule has 1 fully saturated rings. The van der Waals surface area contributed by atoms with Gasteiger partial charge < -0.3 is 5.73 Å². The van der Waals surface area contributed by atoms with Crippen LogP contribution in [0.4, 0.5) is 0 Å². The molecule has 1 rings (SSSR count). The van der Waals surface area contributed by atoms with Crippen molar-refractivity contribution < 1.29 is 16.8 Å². The Balaban J connectivity index is 2.65. The molecule has 0 bridgehead atoms. The standard InChI is InChI=1S/C8H18N2O4S2/c1-15(11,12)6-16(13,14)10-8-5-3-2-4-7(8)9/h7-8,10H,2-6,9H2,1H3. The van der Waals surface area contributed by atoms with Crippen LogP contribution in [0.5, 0.6) is 0 Å². The number of nitrogens with one attached hydrogen (secondary N) is 1. The smallest absolute Gasteiger partial charge is 0.226 e. The van der Waals surface area contributed by atoms with Crippen LogP contribution in [-0.2, 0) is 19.9 Å². The summed E-state index contributed by atoms with van der Waals surface area (Å²) in [5.41, 5.74) is 5.77. The maximum atomic E-state index is 11.5. The minimum Gasteiger partial charge on any atom is -0.326 e. The summed E-state index contributed by atoms with van der Waals surface area (Å²) in [6.07, 6.45) is 4.24. The van der Waals surface area contributed by atoms with E-state index in [1.54, 1.807) is 0 Å². The number of hydrogen-bond donors (Lipinski definition) is 2. The average Bonchev–Trinajstić information content (AvgIpc) is 2.04. The van der Waals surface area contributed by atoms with Gasteiger partial charge in [-0.25, -0.2) is 21.6 Å². The van der Waals surface area contributed by atoms with E-state index in [-0.39, 0.29) is 12.1 Å². The predicted molar refractivity (Wildman–Crippen MR) is 62.0 cm³/mol. The Bertz CT molecular complexity index is 429. The maximum absolute atomic E-state index is 11.5. The molecule has 0 radical (unpaired) electrons. The highest BCUT2D eigenvalue weighted by Crippen LogP contribution is 2.17. The van der Waals surface area contributed by atoms with Crippen molar-refractivity contribution in [2.45, 2.75) is 37.8 Å². The second kappa shape index (κ2) is 4.99. The first-order valence-corrected chi connectivity index (χ1v) is 8.84. The zero-order valence-corrected chi connectivity index (χ0v) is 10.9. The average molecular weight is 270 g/mol. The van der Waals surface area contributed by atoms with Crippen LogP contribution in [0.25, 0.3) is 0 Å². The van der Waals surface area contributed by atoms with E-state index in [1.165, 1.54) is 0 Å². The summed E-state index contributed by atoms with van der Waals surface area (Å²) < 4.78 is 47.2. The van der Waals surface area contributed by atoms with Crippen LogP contribution >= 0.6 is 0 Å². The van der Waals surface area contributed by atoms with E-state index >= 15 is 0 Å². The molecule has 1 saturated carbocycles. The highest BCUT2D eigenvalue weighted by Gasteiger charge is 2.27. The molecule has 8 heteroatoms. The van der Waals surface area contributed by atoms with Crippen LogP contribution in [0.3, 0.4) is 0 Å². The summed E-state index contributed by atoms with van der Waals surface area (Å²) >= 11 is 0. The number of sulfonamides is 1. The van der Waals surface area contributed by atoms with E-state index in [0.717, 1.165) is 25.5 Å². The fourth-order valence-electron chi connectivity index (χ4n) is 1.85. The molecule has 0 aliphatic heterocycles. The molecule has 0 aromatic carbocycles. The molecule has 0 aromatic rings. The van der Waals surface area contributed by atoms with Crippen LogP contribution < -0.4 is 10.5 Å². The Hall–Kier alpha value is -0.180. The van der Waals surface area contributed by atoms with E-state index in [9.17, 15) is 16.8 Å². The van der Waals surface area contributed by atoms with Crippen molar-refractivity contribution in [2.24, 2.45) is 5.73 Å². The van der Waals surface area contributed by atoms with Crippen molar-refractivity contribution in [3.05, 3.63) is 0 Å². The Morgan fingerprint density at radius 1 is 1.19 bits per heavy atom. The van der Waals surface area contributed by atoms with Crippen molar-refractivity contribution >= 4 is 19.9 Å². The Labute approximate surface area is 96.6 Å². The number of sulfone groups is 1. The number of rotatable bonds is 4. The molecule has 96 valence electrons. The lowest BCUT2D eigenvalue weighted by Crippen LogP contribution is -2.50. The minimum absolute atomic E-state index is 0.219. The first-order chi connectivity index (χ1) is 7.20. The molecule has 2 unspecified atom stereocenters. The fraction of sp³-hybridized carbons (Fsp3) is 1.00. The van der Waals surface area contributed by atoms with Crippen LogP contribution in [0.1, 0.15) is 25.7 Å². The Kier molecular flexibility index (Phi) is 4.33. The second-order valence-electron chi connectivity index (χ2n) is 4.33. The lowest BCUT2D eigenvalue weighted by molar-refractivity contribution is 0.361. The second-order valence-corrected chi connectivity index (χ2v) is 8.59. The molecule has 2 atom stereocenters. The van der Waals surface area contributed by atoms with E-state index in [4.69, 9.17) is 5.73 Å². The highest BCUT2D eigenvalue weighted by atomic mass is 32.3. The van der Waals surface area contributed by atoms with Crippen molar-refractivity contribution in [3.63, 3.8) is 0 Å². The van der Waals surface area contributed by atoms with Gasteiger partial charge in [-0.3, -0.25) is 0 Å². The molecule has 0 aromatic heterocycles. The van der Waals surface area contributed by atoms with Gasteiger partial charge in [0.1, 0.15) is 0 Å². The maximum Gasteiger partial charge on any atom is 0.226 e.